The van der Waals surface area contributed by atoms with Crippen LogP contribution in [-0.4, -0.2) is 42.3 Å². The number of carboxylic acid groups (broad SMARTS) is 1. The van der Waals surface area contributed by atoms with Crippen molar-refractivity contribution in [3.63, 3.8) is 0 Å². The molecule has 0 aromatic carbocycles. The van der Waals surface area contributed by atoms with Crippen LogP contribution in [-0.2, 0) is 14.3 Å². The van der Waals surface area contributed by atoms with E-state index >= 15 is 0 Å². The molecule has 0 spiro atoms. The van der Waals surface area contributed by atoms with Crippen LogP contribution in [0.5, 0.6) is 0 Å². The standard InChI is InChI=1S/C16H30O3.C2H4O2/c17-13-9-6-4-2-1-3-5-7-10-14-18-16-12-8-11-15-19-16;1-2(3)4/h6,9,16-17H,1-5,7-8,10-15H2;1H3,(H,3,4). The average molecular weight is 330 g/mol. The van der Waals surface area contributed by atoms with Crippen LogP contribution >= 0.6 is 0 Å². The van der Waals surface area contributed by atoms with Gasteiger partial charge in [0.05, 0.1) is 6.61 Å². The summed E-state index contributed by atoms with van der Waals surface area (Å²) >= 11 is 0. The van der Waals surface area contributed by atoms with Gasteiger partial charge < -0.3 is 19.7 Å². The maximum absolute atomic E-state index is 9.00. The van der Waals surface area contributed by atoms with Crippen LogP contribution in [0.25, 0.3) is 0 Å². The maximum Gasteiger partial charge on any atom is 0.300 e. The first-order valence-corrected chi connectivity index (χ1v) is 8.85. The molecule has 1 saturated heterocycles. The number of rotatable bonds is 11. The van der Waals surface area contributed by atoms with Crippen molar-refractivity contribution in [3.8, 4) is 0 Å². The van der Waals surface area contributed by atoms with Gasteiger partial charge in [-0.2, -0.15) is 0 Å². The van der Waals surface area contributed by atoms with Crippen molar-refractivity contribution >= 4 is 5.97 Å². The first-order chi connectivity index (χ1) is 11.2. The Bertz CT molecular complexity index is 281. The Hall–Kier alpha value is -0.910. The number of hydrogen-bond acceptors (Lipinski definition) is 4. The van der Waals surface area contributed by atoms with Gasteiger partial charge in [0.25, 0.3) is 5.97 Å². The molecule has 1 rings (SSSR count). The third-order valence-corrected chi connectivity index (χ3v) is 3.48. The molecule has 1 unspecified atom stereocenters. The predicted molar refractivity (Wildman–Crippen MR) is 91.4 cm³/mol. The number of aliphatic hydroxyl groups is 1. The molecule has 1 aliphatic rings. The second-order valence-electron chi connectivity index (χ2n) is 5.75. The molecule has 5 heteroatoms. The molecule has 5 nitrogen and oxygen atoms in total. The normalized spacial score (nSPS) is 17.7. The minimum Gasteiger partial charge on any atom is -0.481 e. The summed E-state index contributed by atoms with van der Waals surface area (Å²) in [6.45, 7) is 2.98. The van der Waals surface area contributed by atoms with Crippen molar-refractivity contribution in [2.75, 3.05) is 19.8 Å². The van der Waals surface area contributed by atoms with E-state index in [4.69, 9.17) is 24.5 Å². The molecule has 2 N–H and O–H groups in total. The van der Waals surface area contributed by atoms with Crippen molar-refractivity contribution < 1.29 is 24.5 Å². The number of carboxylic acids is 1. The quantitative estimate of drug-likeness (QED) is 0.444. The minimum absolute atomic E-state index is 0.0760. The topological polar surface area (TPSA) is 76.0 Å². The summed E-state index contributed by atoms with van der Waals surface area (Å²) in [4.78, 5) is 9.00. The Morgan fingerprint density at radius 1 is 1.13 bits per heavy atom. The second kappa shape index (κ2) is 17.4. The second-order valence-corrected chi connectivity index (χ2v) is 5.75. The highest BCUT2D eigenvalue weighted by molar-refractivity contribution is 5.62. The molecule has 1 atom stereocenters. The minimum atomic E-state index is -0.833. The van der Waals surface area contributed by atoms with Gasteiger partial charge in [-0.25, -0.2) is 0 Å². The molecule has 1 heterocycles. The van der Waals surface area contributed by atoms with Crippen molar-refractivity contribution in [3.05, 3.63) is 12.2 Å². The number of ether oxygens (including phenoxy) is 2. The van der Waals surface area contributed by atoms with Gasteiger partial charge in [-0.3, -0.25) is 4.79 Å². The van der Waals surface area contributed by atoms with Gasteiger partial charge in [0.2, 0.25) is 0 Å². The lowest BCUT2D eigenvalue weighted by atomic mass is 10.1. The lowest BCUT2D eigenvalue weighted by molar-refractivity contribution is -0.162. The molecule has 0 radical (unpaired) electrons. The first kappa shape index (κ1) is 22.1. The van der Waals surface area contributed by atoms with Crippen LogP contribution in [0.3, 0.4) is 0 Å². The van der Waals surface area contributed by atoms with E-state index in [1.807, 2.05) is 6.08 Å². The molecule has 23 heavy (non-hydrogen) atoms. The summed E-state index contributed by atoms with van der Waals surface area (Å²) in [5.74, 6) is -0.833. The molecular weight excluding hydrogens is 296 g/mol. The Kier molecular flexibility index (Phi) is 16.8. The zero-order valence-electron chi connectivity index (χ0n) is 14.5. The average Bonchev–Trinajstić information content (AvgIpc) is 2.53. The van der Waals surface area contributed by atoms with Crippen LogP contribution in [0.1, 0.15) is 71.1 Å². The van der Waals surface area contributed by atoms with Crippen molar-refractivity contribution in [2.24, 2.45) is 0 Å². The van der Waals surface area contributed by atoms with Crippen LogP contribution in [0.15, 0.2) is 12.2 Å². The van der Waals surface area contributed by atoms with E-state index in [0.29, 0.717) is 0 Å². The van der Waals surface area contributed by atoms with Crippen LogP contribution < -0.4 is 0 Å². The molecule has 1 aliphatic heterocycles. The Morgan fingerprint density at radius 2 is 1.78 bits per heavy atom. The third kappa shape index (κ3) is 19.0. The van der Waals surface area contributed by atoms with Gasteiger partial charge >= 0.3 is 0 Å². The van der Waals surface area contributed by atoms with Gasteiger partial charge in [-0.05, 0) is 38.5 Å². The van der Waals surface area contributed by atoms with Crippen LogP contribution in [0.4, 0.5) is 0 Å². The number of allylic oxidation sites excluding steroid dienone is 1. The van der Waals surface area contributed by atoms with Crippen LogP contribution in [0.2, 0.25) is 0 Å². The predicted octanol–water partition coefficient (Wildman–Crippen LogP) is 3.90. The zero-order chi connectivity index (χ0) is 17.2. The van der Waals surface area contributed by atoms with Gasteiger partial charge in [-0.1, -0.05) is 37.8 Å². The van der Waals surface area contributed by atoms with E-state index < -0.39 is 5.97 Å². The Labute approximate surface area is 140 Å². The molecule has 1 fully saturated rings. The summed E-state index contributed by atoms with van der Waals surface area (Å²) in [6, 6.07) is 0. The number of unbranched alkanes of at least 4 members (excludes halogenated alkanes) is 6. The fraction of sp³-hybridized carbons (Fsp3) is 0.833. The summed E-state index contributed by atoms with van der Waals surface area (Å²) in [6.07, 6.45) is 16.1. The van der Waals surface area contributed by atoms with E-state index in [1.165, 1.54) is 44.9 Å². The lowest BCUT2D eigenvalue weighted by Gasteiger charge is -2.22. The van der Waals surface area contributed by atoms with Crippen molar-refractivity contribution in [1.29, 1.82) is 0 Å². The van der Waals surface area contributed by atoms with Gasteiger partial charge in [0.1, 0.15) is 0 Å². The number of hydrogen-bond donors (Lipinski definition) is 2. The molecule has 0 saturated carbocycles. The molecule has 0 amide bonds. The summed E-state index contributed by atoms with van der Waals surface area (Å²) in [5, 5.41) is 16.0. The number of aliphatic hydroxyl groups excluding tert-OH is 1. The maximum atomic E-state index is 9.00. The largest absolute Gasteiger partial charge is 0.481 e. The van der Waals surface area contributed by atoms with Gasteiger partial charge in [0, 0.05) is 20.1 Å². The van der Waals surface area contributed by atoms with E-state index in [1.54, 1.807) is 0 Å². The fourth-order valence-electron chi connectivity index (χ4n) is 2.32. The summed E-state index contributed by atoms with van der Waals surface area (Å²) in [5.41, 5.74) is 0. The highest BCUT2D eigenvalue weighted by atomic mass is 16.7. The molecule has 0 bridgehead atoms. The monoisotopic (exact) mass is 330 g/mol. The molecule has 0 aromatic rings. The third-order valence-electron chi connectivity index (χ3n) is 3.48. The SMILES string of the molecule is CC(=O)O.OCC=CCCCCCCCCOC1CCCCO1. The van der Waals surface area contributed by atoms with Crippen molar-refractivity contribution in [2.45, 2.75) is 77.4 Å². The highest BCUT2D eigenvalue weighted by Crippen LogP contribution is 2.14. The molecule has 136 valence electrons. The summed E-state index contributed by atoms with van der Waals surface area (Å²) in [7, 11) is 0. The Balaban J connectivity index is 0.00000108. The fourth-order valence-corrected chi connectivity index (χ4v) is 2.32. The highest BCUT2D eigenvalue weighted by Gasteiger charge is 2.13. The number of aliphatic carboxylic acids is 1. The van der Waals surface area contributed by atoms with Crippen LogP contribution in [0, 0.1) is 0 Å². The van der Waals surface area contributed by atoms with E-state index in [9.17, 15) is 0 Å². The van der Waals surface area contributed by atoms with Gasteiger partial charge in [-0.15, -0.1) is 0 Å². The van der Waals surface area contributed by atoms with E-state index in [2.05, 4.69) is 6.08 Å². The van der Waals surface area contributed by atoms with Crippen molar-refractivity contribution in [1.82, 2.24) is 0 Å². The smallest absolute Gasteiger partial charge is 0.300 e. The molecule has 0 aliphatic carbocycles. The zero-order valence-corrected chi connectivity index (χ0v) is 14.5. The first-order valence-electron chi connectivity index (χ1n) is 8.85. The van der Waals surface area contributed by atoms with E-state index in [-0.39, 0.29) is 12.9 Å². The Morgan fingerprint density at radius 3 is 2.39 bits per heavy atom. The van der Waals surface area contributed by atoms with E-state index in [0.717, 1.165) is 39.4 Å². The molecule has 0 aromatic heterocycles. The molecular formula is C18H34O5. The summed E-state index contributed by atoms with van der Waals surface area (Å²) < 4.78 is 11.2. The number of carbonyl (C=O) groups is 1. The lowest BCUT2D eigenvalue weighted by Crippen LogP contribution is -2.22. The van der Waals surface area contributed by atoms with Gasteiger partial charge in [0.15, 0.2) is 6.29 Å².